The van der Waals surface area contributed by atoms with E-state index in [4.69, 9.17) is 0 Å². The van der Waals surface area contributed by atoms with Crippen molar-refractivity contribution in [2.75, 3.05) is 0 Å². The molecule has 32 heavy (non-hydrogen) atoms. The Morgan fingerprint density at radius 1 is 0.812 bits per heavy atom. The number of allylic oxidation sites excluding steroid dienone is 5. The van der Waals surface area contributed by atoms with Gasteiger partial charge < -0.3 is 0 Å². The van der Waals surface area contributed by atoms with E-state index in [2.05, 4.69) is 52.6 Å². The summed E-state index contributed by atoms with van der Waals surface area (Å²) in [5.74, 6) is 2.46. The van der Waals surface area contributed by atoms with E-state index < -0.39 is 18.4 Å². The fourth-order valence-corrected chi connectivity index (χ4v) is 11.2. The van der Waals surface area contributed by atoms with E-state index in [1.807, 2.05) is 0 Å². The molecule has 0 aromatic carbocycles. The van der Waals surface area contributed by atoms with Crippen LogP contribution in [0, 0.1) is 5.92 Å². The number of rotatable bonds is 7. The molecule has 0 spiro atoms. The fourth-order valence-electron chi connectivity index (χ4n) is 6.59. The van der Waals surface area contributed by atoms with Crippen LogP contribution < -0.4 is 0 Å². The predicted molar refractivity (Wildman–Crippen MR) is 148 cm³/mol. The topological polar surface area (TPSA) is 0 Å². The molecule has 3 aliphatic rings. The molecule has 0 unspecified atom stereocenters. The van der Waals surface area contributed by atoms with Gasteiger partial charge >= 0.3 is 206 Å². The molecule has 3 rings (SSSR count). The molecule has 0 amide bonds. The molecule has 0 aromatic rings. The van der Waals surface area contributed by atoms with Crippen LogP contribution in [0.3, 0.4) is 0 Å². The molecule has 3 fully saturated rings. The van der Waals surface area contributed by atoms with Crippen molar-refractivity contribution < 1.29 is 0 Å². The van der Waals surface area contributed by atoms with Crippen molar-refractivity contribution in [1.82, 2.24) is 0 Å². The van der Waals surface area contributed by atoms with Crippen LogP contribution in [0.25, 0.3) is 0 Å². The summed E-state index contributed by atoms with van der Waals surface area (Å²) in [5, 5.41) is 0. The summed E-state index contributed by atoms with van der Waals surface area (Å²) in [5.41, 5.74) is 7.29. The van der Waals surface area contributed by atoms with E-state index >= 15 is 0 Å². The van der Waals surface area contributed by atoms with Crippen LogP contribution in [0.5, 0.6) is 0 Å². The van der Waals surface area contributed by atoms with E-state index in [0.717, 1.165) is 18.3 Å². The van der Waals surface area contributed by atoms with Gasteiger partial charge in [0.05, 0.1) is 0 Å². The first kappa shape index (κ1) is 26.5. The second kappa shape index (κ2) is 13.1. The molecule has 3 aliphatic carbocycles. The van der Waals surface area contributed by atoms with Crippen molar-refractivity contribution >= 4 is 25.1 Å². The number of hydrogen-bond acceptors (Lipinski definition) is 0. The SMILES string of the molecule is CC(C)/C=C/C(B(C1CCCCC1)C1CCCCC1)=[C](\C=C=C1CCCCC1)[Sn]([CH3])([CH3])[CH3]. The van der Waals surface area contributed by atoms with Crippen molar-refractivity contribution in [1.29, 1.82) is 0 Å². The summed E-state index contributed by atoms with van der Waals surface area (Å²) < 4.78 is 1.79. The van der Waals surface area contributed by atoms with E-state index in [1.165, 1.54) is 96.3 Å². The zero-order valence-electron chi connectivity index (χ0n) is 22.1. The first-order valence-corrected chi connectivity index (χ1v) is 24.2. The molecule has 3 saturated carbocycles. The molecule has 0 bridgehead atoms. The monoisotopic (exact) mass is 542 g/mol. The van der Waals surface area contributed by atoms with E-state index in [9.17, 15) is 0 Å². The van der Waals surface area contributed by atoms with Crippen molar-refractivity contribution in [3.63, 3.8) is 0 Å². The van der Waals surface area contributed by atoms with Crippen molar-refractivity contribution in [3.8, 4) is 0 Å². The minimum absolute atomic E-state index is 0.625. The average molecular weight is 541 g/mol. The quantitative estimate of drug-likeness (QED) is 0.171. The molecule has 0 N–H and O–H groups in total. The summed E-state index contributed by atoms with van der Waals surface area (Å²) in [6.07, 6.45) is 29.1. The van der Waals surface area contributed by atoms with Gasteiger partial charge in [0.25, 0.3) is 0 Å². The standard InChI is InChI=1S/C27H42B.3CH3.Sn/c1-23(2)21-22-27(20-12-15-24-13-6-3-7-14-24)28(25-16-8-4-9-17-25)26-18-10-5-11-19-26;;;;/h12,21-23,25-26H,3-11,13-14,16-19H2,1-2H3;3*1H3;/b22-21+,27-20?;;;;. The molecular weight excluding hydrogens is 490 g/mol. The normalized spacial score (nSPS) is 22.8. The van der Waals surface area contributed by atoms with Crippen molar-refractivity contribution in [2.24, 2.45) is 5.92 Å². The molecule has 0 aliphatic heterocycles. The summed E-state index contributed by atoms with van der Waals surface area (Å²) in [6.45, 7) is 5.50. The maximum absolute atomic E-state index is 3.91. The van der Waals surface area contributed by atoms with Gasteiger partial charge in [-0.3, -0.25) is 0 Å². The van der Waals surface area contributed by atoms with Crippen LogP contribution in [0.1, 0.15) is 110 Å². The van der Waals surface area contributed by atoms with E-state index in [-0.39, 0.29) is 0 Å². The second-order valence-corrected chi connectivity index (χ2v) is 26.9. The van der Waals surface area contributed by atoms with Crippen LogP contribution in [0.4, 0.5) is 0 Å². The van der Waals surface area contributed by atoms with E-state index in [1.54, 1.807) is 14.6 Å². The average Bonchev–Trinajstić information content (AvgIpc) is 2.78. The molecule has 0 heterocycles. The van der Waals surface area contributed by atoms with Gasteiger partial charge in [0, 0.05) is 0 Å². The fraction of sp³-hybridized carbons (Fsp3) is 0.767. The van der Waals surface area contributed by atoms with Crippen molar-refractivity contribution in [3.05, 3.63) is 38.6 Å². The predicted octanol–water partition coefficient (Wildman–Crippen LogP) is 10.1. The van der Waals surface area contributed by atoms with Crippen molar-refractivity contribution in [2.45, 2.75) is 137 Å². The molecular formula is C30H51BSn. The van der Waals surface area contributed by atoms with Crippen LogP contribution in [-0.2, 0) is 0 Å². The molecule has 0 atom stereocenters. The van der Waals surface area contributed by atoms with Gasteiger partial charge in [-0.25, -0.2) is 0 Å². The molecule has 0 saturated heterocycles. The van der Waals surface area contributed by atoms with Gasteiger partial charge in [-0.1, -0.05) is 0 Å². The van der Waals surface area contributed by atoms with Crippen LogP contribution in [0.15, 0.2) is 38.6 Å². The van der Waals surface area contributed by atoms with Gasteiger partial charge in [-0.2, -0.15) is 0 Å². The Hall–Kier alpha value is -0.136. The molecule has 0 aromatic heterocycles. The van der Waals surface area contributed by atoms with Crippen LogP contribution >= 0.6 is 0 Å². The molecule has 0 radical (unpaired) electrons. The van der Waals surface area contributed by atoms with Gasteiger partial charge in [0.2, 0.25) is 0 Å². The third-order valence-electron chi connectivity index (χ3n) is 8.33. The summed E-state index contributed by atoms with van der Waals surface area (Å²) in [6, 6.07) is 0. The maximum atomic E-state index is 3.91. The minimum atomic E-state index is -2.35. The Morgan fingerprint density at radius 3 is 1.78 bits per heavy atom. The third kappa shape index (κ3) is 7.97. The van der Waals surface area contributed by atoms with Gasteiger partial charge in [0.1, 0.15) is 0 Å². The van der Waals surface area contributed by atoms with Crippen LogP contribution in [-0.4, -0.2) is 25.1 Å². The van der Waals surface area contributed by atoms with Crippen LogP contribution in [0.2, 0.25) is 26.5 Å². The molecule has 0 nitrogen and oxygen atoms in total. The van der Waals surface area contributed by atoms with Gasteiger partial charge in [-0.05, 0) is 0 Å². The number of hydrogen-bond donors (Lipinski definition) is 0. The van der Waals surface area contributed by atoms with E-state index in [0.29, 0.717) is 5.92 Å². The Kier molecular flexibility index (Phi) is 10.8. The Bertz CT molecular complexity index is 676. The molecule has 178 valence electrons. The summed E-state index contributed by atoms with van der Waals surface area (Å²) >= 11 is -2.35. The first-order chi connectivity index (χ1) is 15.4. The Morgan fingerprint density at radius 2 is 1.31 bits per heavy atom. The molecule has 2 heteroatoms. The zero-order chi connectivity index (χ0) is 23.0. The second-order valence-electron chi connectivity index (χ2n) is 12.5. The Balaban J connectivity index is 2.12. The summed E-state index contributed by atoms with van der Waals surface area (Å²) in [4.78, 5) is 7.95. The summed E-state index contributed by atoms with van der Waals surface area (Å²) in [7, 11) is 0. The Labute approximate surface area is 205 Å². The third-order valence-corrected chi connectivity index (χ3v) is 14.2. The first-order valence-electron chi connectivity index (χ1n) is 14.2. The zero-order valence-corrected chi connectivity index (χ0v) is 25.0. The van der Waals surface area contributed by atoms with Gasteiger partial charge in [-0.15, -0.1) is 0 Å². The van der Waals surface area contributed by atoms with Gasteiger partial charge in [0.15, 0.2) is 0 Å².